The Labute approximate surface area is 59.1 Å². The summed E-state index contributed by atoms with van der Waals surface area (Å²) in [4.78, 5) is 10.3. The molecule has 0 atom stereocenters. The van der Waals surface area contributed by atoms with Crippen molar-refractivity contribution in [2.75, 3.05) is 13.2 Å². The summed E-state index contributed by atoms with van der Waals surface area (Å²) in [5.74, 6) is -0.472. The van der Waals surface area contributed by atoms with Crippen LogP contribution in [0.3, 0.4) is 0 Å². The number of esters is 1. The Morgan fingerprint density at radius 2 is 2.60 bits per heavy atom. The van der Waals surface area contributed by atoms with Crippen LogP contribution in [0.2, 0.25) is 0 Å². The average molecular weight is 140 g/mol. The minimum absolute atomic E-state index is 0.193. The van der Waals surface area contributed by atoms with Crippen LogP contribution in [0, 0.1) is 11.5 Å². The van der Waals surface area contributed by atoms with Gasteiger partial charge in [0.05, 0.1) is 6.54 Å². The van der Waals surface area contributed by atoms with E-state index >= 15 is 0 Å². The van der Waals surface area contributed by atoms with Gasteiger partial charge in [0.2, 0.25) is 0 Å². The van der Waals surface area contributed by atoms with Gasteiger partial charge in [-0.2, -0.15) is 5.26 Å². The van der Waals surface area contributed by atoms with E-state index in [4.69, 9.17) is 5.26 Å². The number of nitrogens with zero attached hydrogens (tertiary/aromatic N) is 1. The topological polar surface area (TPSA) is 62.1 Å². The number of nitrogens with one attached hydrogen (secondary N) is 1. The zero-order chi connectivity index (χ0) is 7.82. The highest BCUT2D eigenvalue weighted by molar-refractivity contribution is 5.81. The molecule has 0 aliphatic carbocycles. The molecule has 0 saturated heterocycles. The van der Waals surface area contributed by atoms with E-state index in [9.17, 15) is 4.79 Å². The Bertz CT molecular complexity index is 160. The van der Waals surface area contributed by atoms with Crippen molar-refractivity contribution in [3.63, 3.8) is 0 Å². The summed E-state index contributed by atoms with van der Waals surface area (Å²) in [6.07, 6.45) is 2.77. The number of rotatable bonds is 4. The van der Waals surface area contributed by atoms with Crippen LogP contribution < -0.4 is 5.32 Å². The fraction of sp³-hybridized carbons (Fsp3) is 0.333. The monoisotopic (exact) mass is 140 g/mol. The lowest BCUT2D eigenvalue weighted by Crippen LogP contribution is -2.15. The van der Waals surface area contributed by atoms with E-state index in [1.165, 1.54) is 0 Å². The Kier molecular flexibility index (Phi) is 4.79. The van der Waals surface area contributed by atoms with Crippen LogP contribution in [0.4, 0.5) is 0 Å². The van der Waals surface area contributed by atoms with Gasteiger partial charge in [-0.25, -0.2) is 4.79 Å². The molecule has 0 aliphatic rings. The van der Waals surface area contributed by atoms with E-state index in [1.54, 1.807) is 6.19 Å². The van der Waals surface area contributed by atoms with E-state index < -0.39 is 5.97 Å². The summed E-state index contributed by atoms with van der Waals surface area (Å²) >= 11 is 0. The summed E-state index contributed by atoms with van der Waals surface area (Å²) in [6.45, 7) is 3.74. The Morgan fingerprint density at radius 1 is 1.90 bits per heavy atom. The SMILES string of the molecule is C=CC(=O)OCCNC#N. The number of carbonyl (C=O) groups is 1. The average Bonchev–Trinajstić information content (AvgIpc) is 1.98. The van der Waals surface area contributed by atoms with Crippen molar-refractivity contribution >= 4 is 5.97 Å². The summed E-state index contributed by atoms with van der Waals surface area (Å²) < 4.78 is 4.52. The normalized spacial score (nSPS) is 7.50. The zero-order valence-corrected chi connectivity index (χ0v) is 5.46. The molecule has 54 valence electrons. The lowest BCUT2D eigenvalue weighted by Gasteiger charge is -1.97. The minimum Gasteiger partial charge on any atom is -0.461 e. The number of hydrogen-bond acceptors (Lipinski definition) is 4. The Morgan fingerprint density at radius 3 is 3.10 bits per heavy atom. The van der Waals surface area contributed by atoms with Crippen LogP contribution in [0.1, 0.15) is 0 Å². The molecule has 0 aromatic carbocycles. The van der Waals surface area contributed by atoms with Crippen molar-refractivity contribution in [3.8, 4) is 6.19 Å². The van der Waals surface area contributed by atoms with Gasteiger partial charge in [0.25, 0.3) is 0 Å². The van der Waals surface area contributed by atoms with Gasteiger partial charge in [0.15, 0.2) is 6.19 Å². The lowest BCUT2D eigenvalue weighted by molar-refractivity contribution is -0.137. The molecule has 10 heavy (non-hydrogen) atoms. The maximum absolute atomic E-state index is 10.3. The Balaban J connectivity index is 3.13. The van der Waals surface area contributed by atoms with Crippen LogP contribution >= 0.6 is 0 Å². The van der Waals surface area contributed by atoms with Crippen molar-refractivity contribution in [1.29, 1.82) is 5.26 Å². The van der Waals surface area contributed by atoms with Gasteiger partial charge in [-0.05, 0) is 0 Å². The second-order valence-corrected chi connectivity index (χ2v) is 1.41. The third-order valence-corrected chi connectivity index (χ3v) is 0.717. The molecule has 0 saturated carbocycles. The first kappa shape index (κ1) is 8.50. The van der Waals surface area contributed by atoms with Gasteiger partial charge in [0.1, 0.15) is 6.61 Å². The van der Waals surface area contributed by atoms with E-state index in [-0.39, 0.29) is 6.61 Å². The van der Waals surface area contributed by atoms with Crippen LogP contribution in [0.25, 0.3) is 0 Å². The molecule has 4 heteroatoms. The van der Waals surface area contributed by atoms with Gasteiger partial charge in [0, 0.05) is 6.08 Å². The van der Waals surface area contributed by atoms with Gasteiger partial charge >= 0.3 is 5.97 Å². The van der Waals surface area contributed by atoms with E-state index in [0.29, 0.717) is 6.54 Å². The predicted octanol–water partition coefficient (Wildman–Crippen LogP) is -0.214. The van der Waals surface area contributed by atoms with Gasteiger partial charge < -0.3 is 10.1 Å². The minimum atomic E-state index is -0.472. The summed E-state index contributed by atoms with van der Waals surface area (Å²) in [6, 6.07) is 0. The number of nitriles is 1. The summed E-state index contributed by atoms with van der Waals surface area (Å²) in [7, 11) is 0. The van der Waals surface area contributed by atoms with Crippen LogP contribution in [-0.4, -0.2) is 19.1 Å². The second-order valence-electron chi connectivity index (χ2n) is 1.41. The molecule has 0 spiro atoms. The quantitative estimate of drug-likeness (QED) is 0.193. The highest BCUT2D eigenvalue weighted by Gasteiger charge is 1.91. The molecule has 4 nitrogen and oxygen atoms in total. The number of hydrogen-bond donors (Lipinski definition) is 1. The van der Waals surface area contributed by atoms with Gasteiger partial charge in [-0.1, -0.05) is 6.58 Å². The third-order valence-electron chi connectivity index (χ3n) is 0.717. The van der Waals surface area contributed by atoms with Crippen LogP contribution in [0.5, 0.6) is 0 Å². The van der Waals surface area contributed by atoms with E-state index in [2.05, 4.69) is 16.6 Å². The lowest BCUT2D eigenvalue weighted by atomic mass is 10.6. The smallest absolute Gasteiger partial charge is 0.330 e. The molecule has 0 heterocycles. The second kappa shape index (κ2) is 5.63. The molecule has 0 aliphatic heterocycles. The molecule has 0 fully saturated rings. The van der Waals surface area contributed by atoms with Crippen LogP contribution in [-0.2, 0) is 9.53 Å². The predicted molar refractivity (Wildman–Crippen MR) is 34.8 cm³/mol. The standard InChI is InChI=1S/C6H8N2O2/c1-2-6(9)10-4-3-8-5-7/h2,8H,1,3-4H2. The molecule has 1 N–H and O–H groups in total. The Hall–Kier alpha value is -1.50. The first-order valence-corrected chi connectivity index (χ1v) is 2.72. The maximum atomic E-state index is 10.3. The molecule has 0 radical (unpaired) electrons. The van der Waals surface area contributed by atoms with Gasteiger partial charge in [-0.3, -0.25) is 0 Å². The maximum Gasteiger partial charge on any atom is 0.330 e. The van der Waals surface area contributed by atoms with Crippen molar-refractivity contribution in [1.82, 2.24) is 5.32 Å². The first-order valence-electron chi connectivity index (χ1n) is 2.72. The van der Waals surface area contributed by atoms with Crippen LogP contribution in [0.15, 0.2) is 12.7 Å². The molecule has 0 bridgehead atoms. The highest BCUT2D eigenvalue weighted by atomic mass is 16.5. The number of carbonyl (C=O) groups excluding carboxylic acids is 1. The molecule has 0 rings (SSSR count). The molecule has 0 amide bonds. The fourth-order valence-electron chi connectivity index (χ4n) is 0.317. The van der Waals surface area contributed by atoms with Gasteiger partial charge in [-0.15, -0.1) is 0 Å². The molecule has 0 aromatic heterocycles. The largest absolute Gasteiger partial charge is 0.461 e. The molecular weight excluding hydrogens is 132 g/mol. The summed E-state index contributed by atoms with van der Waals surface area (Å²) in [5.41, 5.74) is 0. The molecule has 0 unspecified atom stereocenters. The van der Waals surface area contributed by atoms with Crippen molar-refractivity contribution in [3.05, 3.63) is 12.7 Å². The molecule has 0 aromatic rings. The van der Waals surface area contributed by atoms with Crippen molar-refractivity contribution in [2.45, 2.75) is 0 Å². The zero-order valence-electron chi connectivity index (χ0n) is 5.46. The third kappa shape index (κ3) is 4.65. The van der Waals surface area contributed by atoms with E-state index in [1.807, 2.05) is 0 Å². The number of ether oxygens (including phenoxy) is 1. The summed E-state index contributed by atoms with van der Waals surface area (Å²) in [5, 5.41) is 10.3. The fourth-order valence-corrected chi connectivity index (χ4v) is 0.317. The highest BCUT2D eigenvalue weighted by Crippen LogP contribution is 1.76. The van der Waals surface area contributed by atoms with Crippen molar-refractivity contribution in [2.24, 2.45) is 0 Å². The van der Waals surface area contributed by atoms with E-state index in [0.717, 1.165) is 6.08 Å². The molecular formula is C6H8N2O2. The first-order chi connectivity index (χ1) is 4.81. The van der Waals surface area contributed by atoms with Crippen molar-refractivity contribution < 1.29 is 9.53 Å².